The van der Waals surface area contributed by atoms with Crippen molar-refractivity contribution in [3.8, 4) is 22.5 Å². The molecule has 2 aromatic heterocycles. The predicted molar refractivity (Wildman–Crippen MR) is 279 cm³/mol. The number of nitrogens with two attached hydrogens (primary N) is 1. The number of halogens is 1. The van der Waals surface area contributed by atoms with E-state index in [1.54, 1.807) is 32.0 Å². The van der Waals surface area contributed by atoms with E-state index < -0.39 is 95.5 Å². The molecule has 6 amide bonds. The highest BCUT2D eigenvalue weighted by Crippen LogP contribution is 2.47. The van der Waals surface area contributed by atoms with Crippen LogP contribution in [0.15, 0.2) is 89.7 Å². The van der Waals surface area contributed by atoms with Gasteiger partial charge in [-0.3, -0.25) is 28.9 Å². The van der Waals surface area contributed by atoms with Gasteiger partial charge in [-0.1, -0.05) is 67.6 Å². The molecule has 0 saturated carbocycles. The maximum atomic E-state index is 15.4. The summed E-state index contributed by atoms with van der Waals surface area (Å²) in [4.78, 5) is 112. The Morgan fingerprint density at radius 3 is 2.27 bits per heavy atom. The van der Waals surface area contributed by atoms with Gasteiger partial charge < -0.3 is 50.9 Å². The average Bonchev–Trinajstić information content (AvgIpc) is 3.47. The van der Waals surface area contributed by atoms with Gasteiger partial charge in [0.05, 0.1) is 41.5 Å². The molecule has 0 spiro atoms. The molecule has 4 heterocycles. The molecule has 7 N–H and O–H groups in total. The number of esters is 1. The number of carbonyl (C=O) groups is 7. The van der Waals surface area contributed by atoms with E-state index in [-0.39, 0.29) is 43.0 Å². The third-order valence-corrected chi connectivity index (χ3v) is 15.3. The summed E-state index contributed by atoms with van der Waals surface area (Å²) in [5.74, 6) is -4.52. The van der Waals surface area contributed by atoms with Crippen molar-refractivity contribution in [2.45, 2.75) is 109 Å². The van der Waals surface area contributed by atoms with Crippen molar-refractivity contribution in [3.05, 3.63) is 151 Å². The number of cyclic esters (lactones) is 1. The smallest absolute Gasteiger partial charge is 0.411 e. The Kier molecular flexibility index (Phi) is 13.8. The van der Waals surface area contributed by atoms with Crippen molar-refractivity contribution in [2.75, 3.05) is 12.4 Å². The van der Waals surface area contributed by atoms with Crippen LogP contribution in [0.5, 0.6) is 0 Å². The number of hydrogen-bond donors (Lipinski definition) is 6. The molecule has 6 aromatic rings. The van der Waals surface area contributed by atoms with Crippen LogP contribution in [0.25, 0.3) is 33.4 Å². The number of aryl methyl sites for hydroxylation is 1. The number of primary amides is 1. The fourth-order valence-corrected chi connectivity index (χ4v) is 10.8. The topological polar surface area (TPSA) is 280 Å². The highest BCUT2D eigenvalue weighted by molar-refractivity contribution is 6.01. The van der Waals surface area contributed by atoms with E-state index in [1.165, 1.54) is 43.7 Å². The van der Waals surface area contributed by atoms with Crippen LogP contribution in [0.3, 0.4) is 0 Å². The van der Waals surface area contributed by atoms with Crippen LogP contribution in [0.2, 0.25) is 0 Å². The summed E-state index contributed by atoms with van der Waals surface area (Å²) in [6.07, 6.45) is -2.11. The van der Waals surface area contributed by atoms with Crippen LogP contribution in [-0.4, -0.2) is 86.5 Å². The highest BCUT2D eigenvalue weighted by atomic mass is 19.1. The molecule has 2 aliphatic heterocycles. The van der Waals surface area contributed by atoms with Crippen LogP contribution >= 0.6 is 0 Å². The lowest BCUT2D eigenvalue weighted by molar-refractivity contribution is -0.172. The maximum absolute atomic E-state index is 15.4. The molecule has 2 aliphatic carbocycles. The Labute approximate surface area is 445 Å². The molecule has 0 radical (unpaired) electrons. The van der Waals surface area contributed by atoms with Gasteiger partial charge in [-0.15, -0.1) is 0 Å². The molecule has 4 aromatic carbocycles. The molecule has 78 heavy (non-hydrogen) atoms. The molecule has 0 fully saturated rings. The minimum Gasteiger partial charge on any atom is -0.458 e. The number of alkyl carbamates (subject to hydrolysis) is 1. The van der Waals surface area contributed by atoms with E-state index in [0.29, 0.717) is 57.4 Å². The van der Waals surface area contributed by atoms with Gasteiger partial charge >= 0.3 is 18.2 Å². The lowest BCUT2D eigenvalue weighted by atomic mass is 9.81. The molecule has 20 nitrogen and oxygen atoms in total. The summed E-state index contributed by atoms with van der Waals surface area (Å²) in [6.45, 7) is 5.66. The van der Waals surface area contributed by atoms with Gasteiger partial charge in [-0.25, -0.2) is 23.8 Å². The van der Waals surface area contributed by atoms with E-state index in [0.717, 1.165) is 32.7 Å². The minimum absolute atomic E-state index is 0.0462. The van der Waals surface area contributed by atoms with Crippen molar-refractivity contribution >= 4 is 58.4 Å². The number of benzene rings is 4. The zero-order chi connectivity index (χ0) is 55.5. The first kappa shape index (κ1) is 52.5. The van der Waals surface area contributed by atoms with Crippen molar-refractivity contribution in [1.29, 1.82) is 0 Å². The Morgan fingerprint density at radius 2 is 1.60 bits per heavy atom. The summed E-state index contributed by atoms with van der Waals surface area (Å²) in [7, 11) is 1.40. The molecule has 4 aliphatic rings. The zero-order valence-corrected chi connectivity index (χ0v) is 43.2. The van der Waals surface area contributed by atoms with Crippen molar-refractivity contribution in [3.63, 3.8) is 0 Å². The number of aromatic nitrogens is 2. The highest BCUT2D eigenvalue weighted by Gasteiger charge is 2.46. The second-order valence-corrected chi connectivity index (χ2v) is 20.0. The number of carbonyl (C=O) groups excluding carboxylic acids is 7. The van der Waals surface area contributed by atoms with E-state index in [9.17, 15) is 43.5 Å². The number of anilines is 1. The standard InChI is InChI=1S/C57H55FN8O12/c1-6-57(75)39-21-44-48-37(24-66(44)53(71)38(39)26-76-54(57)72)47-41(20-19-32-27(2)40(58)22-42(62-48)46(32)47)64-55(73)77-25-30-15-17-31(18-16-30)61-52(70)43(23-45(59)67)63-50(68)28(3)60-51(69)29(4)65(5)56(74)78-49-35-13-9-7-11-33(35)34-12-8-10-14-36(34)49/h7-18,21-22,28-29,41,43,49,75H,6,19-20,23-26H2,1-5H3,(H2,59,67)(H,60,69)(H,61,70)(H,63,68)(H,64,73)/t28-,29-,41-,43-,57-/m0/s1. The van der Waals surface area contributed by atoms with Crippen LogP contribution in [0.4, 0.5) is 19.7 Å². The first-order chi connectivity index (χ1) is 37.3. The number of likely N-dealkylation sites (N-methyl/N-ethyl adjacent to an activating group) is 1. The molecule has 0 bridgehead atoms. The summed E-state index contributed by atoms with van der Waals surface area (Å²) < 4.78 is 33.7. The number of nitrogens with zero attached hydrogens (tertiary/aromatic N) is 3. The lowest BCUT2D eigenvalue weighted by Gasteiger charge is -2.31. The first-order valence-electron chi connectivity index (χ1n) is 25.4. The number of amides is 6. The Hall–Kier alpha value is -8.98. The van der Waals surface area contributed by atoms with E-state index in [4.69, 9.17) is 24.9 Å². The van der Waals surface area contributed by atoms with Gasteiger partial charge in [0.25, 0.3) is 5.56 Å². The van der Waals surface area contributed by atoms with Crippen molar-refractivity contribution in [2.24, 2.45) is 5.73 Å². The van der Waals surface area contributed by atoms with Crippen molar-refractivity contribution < 1.29 is 57.3 Å². The zero-order valence-electron chi connectivity index (χ0n) is 43.2. The minimum atomic E-state index is -2.05. The molecule has 402 valence electrons. The van der Waals surface area contributed by atoms with Gasteiger partial charge in [0.1, 0.15) is 37.2 Å². The summed E-state index contributed by atoms with van der Waals surface area (Å²) >= 11 is 0. The number of aliphatic hydroxyl groups is 1. The largest absolute Gasteiger partial charge is 0.458 e. The number of nitrogens with one attached hydrogen (secondary N) is 4. The van der Waals surface area contributed by atoms with Crippen LogP contribution in [0, 0.1) is 12.7 Å². The number of pyridine rings is 2. The second kappa shape index (κ2) is 20.5. The molecule has 10 rings (SSSR count). The van der Waals surface area contributed by atoms with Crippen LogP contribution < -0.4 is 32.6 Å². The van der Waals surface area contributed by atoms with Crippen LogP contribution in [-0.2, 0) is 70.0 Å². The summed E-state index contributed by atoms with van der Waals surface area (Å²) in [5, 5.41) is 22.7. The summed E-state index contributed by atoms with van der Waals surface area (Å²) in [5.41, 5.74) is 10.9. The normalized spacial score (nSPS) is 17.6. The second-order valence-electron chi connectivity index (χ2n) is 20.0. The molecular formula is C57H55FN8O12. The quantitative estimate of drug-likeness (QED) is 0.0583. The number of hydrogen-bond acceptors (Lipinski definition) is 13. The van der Waals surface area contributed by atoms with E-state index in [1.807, 2.05) is 48.5 Å². The van der Waals surface area contributed by atoms with Gasteiger partial charge in [0, 0.05) is 46.4 Å². The Bertz CT molecular complexity index is 3560. The Morgan fingerprint density at radius 1 is 0.923 bits per heavy atom. The van der Waals surface area contributed by atoms with Gasteiger partial charge in [0.15, 0.2) is 11.7 Å². The van der Waals surface area contributed by atoms with Gasteiger partial charge in [0.2, 0.25) is 23.6 Å². The van der Waals surface area contributed by atoms with Crippen molar-refractivity contribution in [1.82, 2.24) is 30.4 Å². The molecule has 0 unspecified atom stereocenters. The Balaban J connectivity index is 0.757. The van der Waals surface area contributed by atoms with E-state index in [2.05, 4.69) is 21.3 Å². The number of ether oxygens (including phenoxy) is 3. The first-order valence-corrected chi connectivity index (χ1v) is 25.4. The third kappa shape index (κ3) is 9.32. The predicted octanol–water partition coefficient (Wildman–Crippen LogP) is 5.47. The maximum Gasteiger partial charge on any atom is 0.411 e. The number of fused-ring (bicyclic) bond motifs is 8. The SMILES string of the molecule is CC[C@@]1(O)C(=O)OCc2c1cc1n(c2=O)Cc2c-1nc1cc(F)c(C)c3c1c2[C@@H](NC(=O)OCc1ccc(NC(=O)[C@H](CC(N)=O)NC(=O)[C@H](C)NC(=O)[C@H](C)N(C)C(=O)OC2c4ccccc4-c4ccccc42)cc1)CC3. The molecule has 21 heteroatoms. The summed E-state index contributed by atoms with van der Waals surface area (Å²) in [6, 6.07) is 19.8. The molecular weight excluding hydrogens is 1010 g/mol. The van der Waals surface area contributed by atoms with Gasteiger partial charge in [-0.2, -0.15) is 0 Å². The van der Waals surface area contributed by atoms with Gasteiger partial charge in [-0.05, 0) is 91.6 Å². The molecule has 0 saturated heterocycles. The fourth-order valence-electron chi connectivity index (χ4n) is 10.8. The average molecular weight is 1060 g/mol. The molecule has 5 atom stereocenters. The lowest BCUT2D eigenvalue weighted by Crippen LogP contribution is -2.55. The fraction of sp³-hybridized carbons (Fsp3) is 0.316. The third-order valence-electron chi connectivity index (χ3n) is 15.3. The monoisotopic (exact) mass is 1060 g/mol. The van der Waals surface area contributed by atoms with Crippen LogP contribution in [0.1, 0.15) is 102 Å². The van der Waals surface area contributed by atoms with E-state index >= 15 is 4.39 Å². The number of rotatable bonds is 14.